The smallest absolute Gasteiger partial charge is 0.366 e. The Bertz CT molecular complexity index is 943. The van der Waals surface area contributed by atoms with E-state index in [-0.39, 0.29) is 17.5 Å². The zero-order valence-corrected chi connectivity index (χ0v) is 17.6. The third-order valence-electron chi connectivity index (χ3n) is 5.08. The van der Waals surface area contributed by atoms with Crippen LogP contribution >= 0.6 is 22.9 Å². The number of piperidine rings is 1. The summed E-state index contributed by atoms with van der Waals surface area (Å²) in [5.74, 6) is -0.267. The summed E-state index contributed by atoms with van der Waals surface area (Å²) in [6.45, 7) is 1.14. The quantitative estimate of drug-likeness (QED) is 0.453. The molecule has 1 fully saturated rings. The van der Waals surface area contributed by atoms with Gasteiger partial charge >= 0.3 is 6.18 Å². The van der Waals surface area contributed by atoms with Crippen LogP contribution in [0.15, 0.2) is 30.3 Å². The van der Waals surface area contributed by atoms with Crippen molar-refractivity contribution >= 4 is 40.2 Å². The molecule has 2 aromatic rings. The van der Waals surface area contributed by atoms with E-state index in [1.54, 1.807) is 22.9 Å². The molecule has 0 radical (unpaired) electrons. The molecule has 2 heterocycles. The molecule has 1 aliphatic rings. The van der Waals surface area contributed by atoms with E-state index in [1.165, 1.54) is 11.3 Å². The van der Waals surface area contributed by atoms with E-state index in [0.29, 0.717) is 42.9 Å². The van der Waals surface area contributed by atoms with Crippen LogP contribution in [0.1, 0.15) is 23.3 Å². The molecule has 0 spiro atoms. The van der Waals surface area contributed by atoms with Crippen LogP contribution < -0.4 is 4.90 Å². The molecule has 11 heteroatoms. The molecule has 0 aliphatic carbocycles. The summed E-state index contributed by atoms with van der Waals surface area (Å²) in [4.78, 5) is 27.5. The van der Waals surface area contributed by atoms with Gasteiger partial charge in [-0.3, -0.25) is 14.9 Å². The molecule has 6 nitrogen and oxygen atoms in total. The Morgan fingerprint density at radius 3 is 2.50 bits per heavy atom. The highest BCUT2D eigenvalue weighted by atomic mass is 35.5. The van der Waals surface area contributed by atoms with Crippen molar-refractivity contribution in [3.05, 3.63) is 55.2 Å². The van der Waals surface area contributed by atoms with Crippen molar-refractivity contribution in [3.63, 3.8) is 0 Å². The topological polar surface area (TPSA) is 66.7 Å². The van der Waals surface area contributed by atoms with Gasteiger partial charge in [0, 0.05) is 37.0 Å². The maximum atomic E-state index is 12.9. The number of halogens is 4. The first-order valence-corrected chi connectivity index (χ1v) is 10.4. The predicted molar refractivity (Wildman–Crippen MR) is 109 cm³/mol. The number of thiophene rings is 1. The minimum Gasteiger partial charge on any atom is -0.366 e. The molecule has 30 heavy (non-hydrogen) atoms. The number of rotatable bonds is 5. The number of anilines is 1. The molecular weight excluding hydrogens is 443 g/mol. The summed E-state index contributed by atoms with van der Waals surface area (Å²) in [6.07, 6.45) is -3.72. The maximum absolute atomic E-state index is 12.9. The average Bonchev–Trinajstić information content (AvgIpc) is 3.10. The predicted octanol–water partition coefficient (Wildman–Crippen LogP) is 5.20. The van der Waals surface area contributed by atoms with Gasteiger partial charge in [0.25, 0.3) is 5.69 Å². The Labute approximate surface area is 180 Å². The third kappa shape index (κ3) is 5.04. The van der Waals surface area contributed by atoms with Gasteiger partial charge in [-0.2, -0.15) is 13.2 Å². The molecule has 0 atom stereocenters. The van der Waals surface area contributed by atoms with Crippen molar-refractivity contribution in [2.45, 2.75) is 25.6 Å². The number of hydrogen-bond donors (Lipinski definition) is 0. The molecule has 162 valence electrons. The first kappa shape index (κ1) is 22.4. The molecule has 1 aromatic heterocycles. The Morgan fingerprint density at radius 2 is 1.97 bits per heavy atom. The highest BCUT2D eigenvalue weighted by Crippen LogP contribution is 2.38. The van der Waals surface area contributed by atoms with E-state index in [9.17, 15) is 28.1 Å². The number of carbonyl (C=O) groups is 1. The molecule has 1 aliphatic heterocycles. The van der Waals surface area contributed by atoms with Gasteiger partial charge in [0.15, 0.2) is 0 Å². The molecule has 1 aromatic carbocycles. The van der Waals surface area contributed by atoms with Crippen molar-refractivity contribution in [2.75, 3.05) is 25.0 Å². The Hall–Kier alpha value is -2.33. The molecule has 0 N–H and O–H groups in total. The molecule has 1 amide bonds. The largest absolute Gasteiger partial charge is 0.416 e. The number of nitro benzene ring substituents is 1. The lowest BCUT2D eigenvalue weighted by molar-refractivity contribution is -0.384. The maximum Gasteiger partial charge on any atom is 0.416 e. The van der Waals surface area contributed by atoms with Gasteiger partial charge in [-0.1, -0.05) is 11.6 Å². The highest BCUT2D eigenvalue weighted by Gasteiger charge is 2.35. The van der Waals surface area contributed by atoms with Crippen LogP contribution in [0.2, 0.25) is 4.34 Å². The number of nitrogens with zero attached hydrogens (tertiary/aromatic N) is 3. The zero-order chi connectivity index (χ0) is 22.1. The van der Waals surface area contributed by atoms with Crippen LogP contribution in [0.3, 0.4) is 0 Å². The number of nitro groups is 1. The lowest BCUT2D eigenvalue weighted by Crippen LogP contribution is -2.41. The van der Waals surface area contributed by atoms with Crippen LogP contribution in [0.5, 0.6) is 0 Å². The fourth-order valence-corrected chi connectivity index (χ4v) is 4.68. The van der Waals surface area contributed by atoms with Crippen LogP contribution in [-0.2, 0) is 17.5 Å². The summed E-state index contributed by atoms with van der Waals surface area (Å²) in [6, 6.07) is 6.18. The van der Waals surface area contributed by atoms with Gasteiger partial charge in [-0.25, -0.2) is 0 Å². The molecule has 0 bridgehead atoms. The summed E-state index contributed by atoms with van der Waals surface area (Å²) in [5, 5.41) is 11.3. The second-order valence-corrected chi connectivity index (χ2v) is 8.92. The molecule has 0 unspecified atom stereocenters. The standard InChI is InChI=1S/C19H19ClF3N3O3S/c1-24(11-14-3-5-17(20)30-14)18(27)12-6-8-25(9-7-12)15-4-2-13(19(21,22)23)10-16(15)26(28)29/h2-5,10,12H,6-9,11H2,1H3. The van der Waals surface area contributed by atoms with Crippen LogP contribution in [0, 0.1) is 16.0 Å². The first-order chi connectivity index (χ1) is 14.1. The fraction of sp³-hybridized carbons (Fsp3) is 0.421. The number of alkyl halides is 3. The lowest BCUT2D eigenvalue weighted by atomic mass is 9.94. The van der Waals surface area contributed by atoms with Crippen molar-refractivity contribution in [2.24, 2.45) is 5.92 Å². The van der Waals surface area contributed by atoms with Gasteiger partial charge in [0.05, 0.1) is 21.4 Å². The number of amides is 1. The lowest BCUT2D eigenvalue weighted by Gasteiger charge is -2.34. The number of carbonyl (C=O) groups excluding carboxylic acids is 1. The second kappa shape index (κ2) is 8.81. The van der Waals surface area contributed by atoms with E-state index in [0.717, 1.165) is 17.0 Å². The highest BCUT2D eigenvalue weighted by molar-refractivity contribution is 7.16. The average molecular weight is 462 g/mol. The van der Waals surface area contributed by atoms with Gasteiger partial charge < -0.3 is 9.80 Å². The van der Waals surface area contributed by atoms with E-state index in [2.05, 4.69) is 0 Å². The fourth-order valence-electron chi connectivity index (χ4n) is 3.54. The molecular formula is C19H19ClF3N3O3S. The van der Waals surface area contributed by atoms with Crippen LogP contribution in [-0.4, -0.2) is 35.9 Å². The first-order valence-electron chi connectivity index (χ1n) is 9.16. The van der Waals surface area contributed by atoms with E-state index in [1.807, 2.05) is 6.07 Å². The summed E-state index contributed by atoms with van der Waals surface area (Å²) < 4.78 is 39.3. The Balaban J connectivity index is 1.66. The monoisotopic (exact) mass is 461 g/mol. The molecule has 0 saturated carbocycles. The van der Waals surface area contributed by atoms with Crippen molar-refractivity contribution < 1.29 is 22.9 Å². The SMILES string of the molecule is CN(Cc1ccc(Cl)s1)C(=O)C1CCN(c2ccc(C(F)(F)F)cc2[N+](=O)[O-])CC1. The van der Waals surface area contributed by atoms with Crippen LogP contribution in [0.25, 0.3) is 0 Å². The van der Waals surface area contributed by atoms with E-state index in [4.69, 9.17) is 11.6 Å². The van der Waals surface area contributed by atoms with Gasteiger partial charge in [-0.15, -0.1) is 11.3 Å². The normalized spacial score (nSPS) is 15.3. The minimum absolute atomic E-state index is 0.0268. The Kier molecular flexibility index (Phi) is 6.56. The van der Waals surface area contributed by atoms with E-state index >= 15 is 0 Å². The van der Waals surface area contributed by atoms with Crippen LogP contribution in [0.4, 0.5) is 24.5 Å². The Morgan fingerprint density at radius 1 is 1.30 bits per heavy atom. The van der Waals surface area contributed by atoms with Gasteiger partial charge in [0.1, 0.15) is 5.69 Å². The molecule has 1 saturated heterocycles. The second-order valence-electron chi connectivity index (χ2n) is 7.12. The minimum atomic E-state index is -4.65. The number of hydrogen-bond acceptors (Lipinski definition) is 5. The zero-order valence-electron chi connectivity index (χ0n) is 16.0. The molecule has 3 rings (SSSR count). The van der Waals surface area contributed by atoms with Gasteiger partial charge in [0.2, 0.25) is 5.91 Å². The summed E-state index contributed by atoms with van der Waals surface area (Å²) >= 11 is 7.32. The van der Waals surface area contributed by atoms with Crippen molar-refractivity contribution in [3.8, 4) is 0 Å². The third-order valence-corrected chi connectivity index (χ3v) is 6.30. The van der Waals surface area contributed by atoms with Crippen molar-refractivity contribution in [1.82, 2.24) is 4.90 Å². The van der Waals surface area contributed by atoms with E-state index < -0.39 is 22.4 Å². The summed E-state index contributed by atoms with van der Waals surface area (Å²) in [7, 11) is 1.71. The number of benzene rings is 1. The van der Waals surface area contributed by atoms with Gasteiger partial charge in [-0.05, 0) is 37.1 Å². The summed E-state index contributed by atoms with van der Waals surface area (Å²) in [5.41, 5.74) is -1.50. The van der Waals surface area contributed by atoms with Crippen molar-refractivity contribution in [1.29, 1.82) is 0 Å².